The first-order valence-electron chi connectivity index (χ1n) is 7.21. The SMILES string of the molecule is CCNc1nnc(C(=O)N2CCCc3ccccc3C2)s1. The molecule has 0 aliphatic carbocycles. The maximum atomic E-state index is 12.6. The zero-order valence-corrected chi connectivity index (χ0v) is 12.8. The number of aryl methyl sites for hydroxylation is 1. The lowest BCUT2D eigenvalue weighted by atomic mass is 10.0. The van der Waals surface area contributed by atoms with Crippen LogP contribution in [0.4, 0.5) is 5.13 Å². The van der Waals surface area contributed by atoms with E-state index in [-0.39, 0.29) is 5.91 Å². The topological polar surface area (TPSA) is 58.1 Å². The average molecular weight is 302 g/mol. The van der Waals surface area contributed by atoms with Gasteiger partial charge in [-0.2, -0.15) is 0 Å². The van der Waals surface area contributed by atoms with Crippen LogP contribution in [0.5, 0.6) is 0 Å². The summed E-state index contributed by atoms with van der Waals surface area (Å²) >= 11 is 1.32. The van der Waals surface area contributed by atoms with Crippen molar-refractivity contribution in [2.45, 2.75) is 26.3 Å². The molecule has 0 radical (unpaired) electrons. The third-order valence-electron chi connectivity index (χ3n) is 3.58. The fraction of sp³-hybridized carbons (Fsp3) is 0.400. The number of amides is 1. The van der Waals surface area contributed by atoms with Gasteiger partial charge in [-0.3, -0.25) is 4.79 Å². The lowest BCUT2D eigenvalue weighted by Crippen LogP contribution is -2.30. The second kappa shape index (κ2) is 6.22. The van der Waals surface area contributed by atoms with E-state index in [2.05, 4.69) is 33.7 Å². The number of carbonyl (C=O) groups excluding carboxylic acids is 1. The highest BCUT2D eigenvalue weighted by Gasteiger charge is 2.23. The van der Waals surface area contributed by atoms with Crippen molar-refractivity contribution >= 4 is 22.4 Å². The van der Waals surface area contributed by atoms with E-state index in [1.165, 1.54) is 22.5 Å². The van der Waals surface area contributed by atoms with Gasteiger partial charge in [0.25, 0.3) is 5.91 Å². The molecule has 0 unspecified atom stereocenters. The Labute approximate surface area is 128 Å². The first-order valence-corrected chi connectivity index (χ1v) is 8.03. The monoisotopic (exact) mass is 302 g/mol. The van der Waals surface area contributed by atoms with Gasteiger partial charge in [0, 0.05) is 19.6 Å². The van der Waals surface area contributed by atoms with Crippen LogP contribution in [0.1, 0.15) is 34.3 Å². The molecule has 0 saturated carbocycles. The molecule has 3 rings (SSSR count). The number of nitrogens with zero attached hydrogens (tertiary/aromatic N) is 3. The van der Waals surface area contributed by atoms with Gasteiger partial charge in [-0.1, -0.05) is 35.6 Å². The summed E-state index contributed by atoms with van der Waals surface area (Å²) in [6.45, 7) is 4.20. The maximum absolute atomic E-state index is 12.6. The zero-order valence-electron chi connectivity index (χ0n) is 12.0. The molecule has 0 saturated heterocycles. The Morgan fingerprint density at radius 2 is 2.14 bits per heavy atom. The molecule has 5 nitrogen and oxygen atoms in total. The summed E-state index contributed by atoms with van der Waals surface area (Å²) < 4.78 is 0. The van der Waals surface area contributed by atoms with E-state index in [0.717, 1.165) is 25.9 Å². The van der Waals surface area contributed by atoms with Crippen molar-refractivity contribution in [1.82, 2.24) is 15.1 Å². The van der Waals surface area contributed by atoms with E-state index in [4.69, 9.17) is 0 Å². The highest BCUT2D eigenvalue weighted by Crippen LogP contribution is 2.22. The summed E-state index contributed by atoms with van der Waals surface area (Å²) in [7, 11) is 0. The van der Waals surface area contributed by atoms with Crippen molar-refractivity contribution in [1.29, 1.82) is 0 Å². The van der Waals surface area contributed by atoms with Crippen LogP contribution in [-0.2, 0) is 13.0 Å². The van der Waals surface area contributed by atoms with Gasteiger partial charge >= 0.3 is 0 Å². The predicted molar refractivity (Wildman–Crippen MR) is 83.6 cm³/mol. The third kappa shape index (κ3) is 3.05. The minimum Gasteiger partial charge on any atom is -0.360 e. The molecule has 2 aromatic rings. The maximum Gasteiger partial charge on any atom is 0.285 e. The van der Waals surface area contributed by atoms with E-state index >= 15 is 0 Å². The van der Waals surface area contributed by atoms with Crippen molar-refractivity contribution in [3.8, 4) is 0 Å². The number of hydrogen-bond acceptors (Lipinski definition) is 5. The van der Waals surface area contributed by atoms with E-state index in [1.54, 1.807) is 0 Å². The largest absolute Gasteiger partial charge is 0.360 e. The van der Waals surface area contributed by atoms with E-state index in [1.807, 2.05) is 17.9 Å². The van der Waals surface area contributed by atoms with Crippen molar-refractivity contribution < 1.29 is 4.79 Å². The molecule has 0 bridgehead atoms. The Hall–Kier alpha value is -1.95. The molecule has 2 heterocycles. The van der Waals surface area contributed by atoms with Gasteiger partial charge in [-0.15, -0.1) is 10.2 Å². The van der Waals surface area contributed by atoms with Gasteiger partial charge in [0.1, 0.15) is 0 Å². The van der Waals surface area contributed by atoms with Crippen LogP contribution in [-0.4, -0.2) is 34.1 Å². The van der Waals surface area contributed by atoms with Crippen molar-refractivity contribution in [3.05, 3.63) is 40.4 Å². The van der Waals surface area contributed by atoms with Crippen LogP contribution in [0.3, 0.4) is 0 Å². The smallest absolute Gasteiger partial charge is 0.285 e. The fourth-order valence-electron chi connectivity index (χ4n) is 2.54. The van der Waals surface area contributed by atoms with Crippen molar-refractivity contribution in [2.75, 3.05) is 18.4 Å². The molecular weight excluding hydrogens is 284 g/mol. The van der Waals surface area contributed by atoms with Crippen LogP contribution < -0.4 is 5.32 Å². The van der Waals surface area contributed by atoms with Crippen LogP contribution in [0.15, 0.2) is 24.3 Å². The highest BCUT2D eigenvalue weighted by molar-refractivity contribution is 7.17. The first-order chi connectivity index (χ1) is 10.3. The average Bonchev–Trinajstić information content (AvgIpc) is 2.85. The molecule has 1 aromatic heterocycles. The molecule has 1 aliphatic heterocycles. The minimum atomic E-state index is -0.0200. The summed E-state index contributed by atoms with van der Waals surface area (Å²) in [5.74, 6) is -0.0200. The van der Waals surface area contributed by atoms with Crippen LogP contribution in [0.2, 0.25) is 0 Å². The Bertz CT molecular complexity index is 640. The molecule has 6 heteroatoms. The molecule has 110 valence electrons. The van der Waals surface area contributed by atoms with Crippen LogP contribution >= 0.6 is 11.3 Å². The molecule has 1 amide bonds. The Balaban J connectivity index is 1.78. The molecular formula is C15H18N4OS. The van der Waals surface area contributed by atoms with Crippen LogP contribution in [0.25, 0.3) is 0 Å². The molecule has 0 atom stereocenters. The summed E-state index contributed by atoms with van der Waals surface area (Å²) in [4.78, 5) is 14.5. The van der Waals surface area contributed by atoms with Gasteiger partial charge in [-0.25, -0.2) is 0 Å². The second-order valence-electron chi connectivity index (χ2n) is 5.04. The number of hydrogen-bond donors (Lipinski definition) is 1. The molecule has 0 fully saturated rings. The molecule has 0 spiro atoms. The first kappa shape index (κ1) is 14.0. The van der Waals surface area contributed by atoms with Crippen molar-refractivity contribution in [2.24, 2.45) is 0 Å². The summed E-state index contributed by atoms with van der Waals surface area (Å²) in [5, 5.41) is 12.3. The van der Waals surface area contributed by atoms with E-state index in [9.17, 15) is 4.79 Å². The number of benzene rings is 1. The lowest BCUT2D eigenvalue weighted by Gasteiger charge is -2.19. The van der Waals surface area contributed by atoms with Crippen molar-refractivity contribution in [3.63, 3.8) is 0 Å². The number of anilines is 1. The Morgan fingerprint density at radius 3 is 2.95 bits per heavy atom. The Morgan fingerprint density at radius 1 is 1.33 bits per heavy atom. The summed E-state index contributed by atoms with van der Waals surface area (Å²) in [6.07, 6.45) is 2.01. The zero-order chi connectivity index (χ0) is 14.7. The Kier molecular flexibility index (Phi) is 4.15. The number of rotatable bonds is 3. The quantitative estimate of drug-likeness (QED) is 0.946. The molecule has 21 heavy (non-hydrogen) atoms. The van der Waals surface area contributed by atoms with Gasteiger partial charge in [0.2, 0.25) is 10.1 Å². The summed E-state index contributed by atoms with van der Waals surface area (Å²) in [6, 6.07) is 8.34. The molecule has 1 aromatic carbocycles. The van der Waals surface area contributed by atoms with Crippen LogP contribution in [0, 0.1) is 0 Å². The van der Waals surface area contributed by atoms with E-state index in [0.29, 0.717) is 16.7 Å². The standard InChI is InChI=1S/C15H18N4OS/c1-2-16-15-18-17-13(21-15)14(20)19-9-5-8-11-6-3-4-7-12(11)10-19/h3-4,6-7H,2,5,8-10H2,1H3,(H,16,18). The summed E-state index contributed by atoms with van der Waals surface area (Å²) in [5.41, 5.74) is 2.58. The predicted octanol–water partition coefficient (Wildman–Crippen LogP) is 2.56. The highest BCUT2D eigenvalue weighted by atomic mass is 32.1. The number of fused-ring (bicyclic) bond motifs is 1. The number of nitrogens with one attached hydrogen (secondary N) is 1. The number of carbonyl (C=O) groups is 1. The van der Waals surface area contributed by atoms with E-state index < -0.39 is 0 Å². The van der Waals surface area contributed by atoms with Gasteiger partial charge in [-0.05, 0) is 30.9 Å². The normalized spacial score (nSPS) is 14.4. The van der Waals surface area contributed by atoms with Gasteiger partial charge in [0.05, 0.1) is 0 Å². The van der Waals surface area contributed by atoms with Gasteiger partial charge < -0.3 is 10.2 Å². The van der Waals surface area contributed by atoms with Gasteiger partial charge in [0.15, 0.2) is 0 Å². The molecule has 1 aliphatic rings. The fourth-order valence-corrected chi connectivity index (χ4v) is 3.32. The minimum absolute atomic E-state index is 0.0200. The lowest BCUT2D eigenvalue weighted by molar-refractivity contribution is 0.0744. The molecule has 1 N–H and O–H groups in total. The number of aromatic nitrogens is 2. The third-order valence-corrected chi connectivity index (χ3v) is 4.45. The second-order valence-corrected chi connectivity index (χ2v) is 6.02.